The third kappa shape index (κ3) is 13.9. The summed E-state index contributed by atoms with van der Waals surface area (Å²) in [6.07, 6.45) is 7.84. The molecule has 0 amide bonds. The molecule has 0 saturated carbocycles. The Morgan fingerprint density at radius 1 is 0.938 bits per heavy atom. The van der Waals surface area contributed by atoms with Crippen LogP contribution in [0.25, 0.3) is 0 Å². The van der Waals surface area contributed by atoms with Gasteiger partial charge in [-0.05, 0) is 31.7 Å². The molecule has 2 nitrogen and oxygen atoms in total. The van der Waals surface area contributed by atoms with E-state index in [2.05, 4.69) is 26.1 Å². The third-order valence-corrected chi connectivity index (χ3v) is 2.70. The lowest BCUT2D eigenvalue weighted by atomic mass is 10.1. The lowest BCUT2D eigenvalue weighted by molar-refractivity contribution is 0.129. The van der Waals surface area contributed by atoms with Gasteiger partial charge in [-0.2, -0.15) is 0 Å². The van der Waals surface area contributed by atoms with Crippen molar-refractivity contribution in [1.82, 2.24) is 5.32 Å². The molecule has 0 aliphatic carbocycles. The highest BCUT2D eigenvalue weighted by molar-refractivity contribution is 4.49. The second-order valence-electron chi connectivity index (χ2n) is 4.96. The van der Waals surface area contributed by atoms with Crippen molar-refractivity contribution >= 4 is 0 Å². The molecule has 0 heterocycles. The fourth-order valence-electron chi connectivity index (χ4n) is 1.64. The zero-order valence-electron chi connectivity index (χ0n) is 11.6. The summed E-state index contributed by atoms with van der Waals surface area (Å²) in [5.41, 5.74) is 0. The van der Waals surface area contributed by atoms with Gasteiger partial charge in [-0.15, -0.1) is 0 Å². The minimum atomic E-state index is 0.806. The fraction of sp³-hybridized carbons (Fsp3) is 1.00. The number of ether oxygens (including phenoxy) is 1. The molecule has 0 bridgehead atoms. The second-order valence-corrected chi connectivity index (χ2v) is 4.96. The van der Waals surface area contributed by atoms with E-state index in [4.69, 9.17) is 4.74 Å². The molecule has 0 radical (unpaired) electrons. The van der Waals surface area contributed by atoms with E-state index in [1.807, 2.05) is 0 Å². The summed E-state index contributed by atoms with van der Waals surface area (Å²) >= 11 is 0. The Balaban J connectivity index is 2.88. The Hall–Kier alpha value is -0.0800. The molecule has 0 aliphatic heterocycles. The molecule has 0 spiro atoms. The van der Waals surface area contributed by atoms with E-state index >= 15 is 0 Å². The number of hydrogen-bond acceptors (Lipinski definition) is 2. The molecular formula is C14H31NO. The van der Waals surface area contributed by atoms with Crippen molar-refractivity contribution in [1.29, 1.82) is 0 Å². The summed E-state index contributed by atoms with van der Waals surface area (Å²) in [6.45, 7) is 10.7. The minimum Gasteiger partial charge on any atom is -0.380 e. The van der Waals surface area contributed by atoms with Crippen LogP contribution in [0.15, 0.2) is 0 Å². The van der Waals surface area contributed by atoms with Gasteiger partial charge in [0.25, 0.3) is 0 Å². The lowest BCUT2D eigenvalue weighted by Crippen LogP contribution is -2.21. The molecule has 98 valence electrons. The van der Waals surface area contributed by atoms with E-state index in [0.29, 0.717) is 0 Å². The predicted molar refractivity (Wildman–Crippen MR) is 71.9 cm³/mol. The van der Waals surface area contributed by atoms with Crippen LogP contribution < -0.4 is 5.32 Å². The van der Waals surface area contributed by atoms with Gasteiger partial charge in [0.2, 0.25) is 0 Å². The van der Waals surface area contributed by atoms with Crippen LogP contribution >= 0.6 is 0 Å². The monoisotopic (exact) mass is 229 g/mol. The fourth-order valence-corrected chi connectivity index (χ4v) is 1.64. The topological polar surface area (TPSA) is 21.3 Å². The van der Waals surface area contributed by atoms with Gasteiger partial charge in [0.1, 0.15) is 0 Å². The smallest absolute Gasteiger partial charge is 0.0590 e. The van der Waals surface area contributed by atoms with Crippen molar-refractivity contribution in [2.24, 2.45) is 5.92 Å². The maximum absolute atomic E-state index is 5.55. The van der Waals surface area contributed by atoms with Crippen LogP contribution in [-0.4, -0.2) is 26.3 Å². The van der Waals surface area contributed by atoms with Gasteiger partial charge < -0.3 is 10.1 Å². The van der Waals surface area contributed by atoms with Gasteiger partial charge >= 0.3 is 0 Å². The van der Waals surface area contributed by atoms with E-state index in [1.54, 1.807) is 0 Å². The number of hydrogen-bond donors (Lipinski definition) is 1. The largest absolute Gasteiger partial charge is 0.380 e. The van der Waals surface area contributed by atoms with E-state index in [0.717, 1.165) is 32.2 Å². The van der Waals surface area contributed by atoms with Gasteiger partial charge in [-0.25, -0.2) is 0 Å². The maximum Gasteiger partial charge on any atom is 0.0590 e. The summed E-state index contributed by atoms with van der Waals surface area (Å²) in [6, 6.07) is 0. The van der Waals surface area contributed by atoms with Gasteiger partial charge in [0.15, 0.2) is 0 Å². The SMILES string of the molecule is CCCCCCNCCOCCCC(C)C. The average molecular weight is 229 g/mol. The molecule has 0 aliphatic rings. The number of unbranched alkanes of at least 4 members (excludes halogenated alkanes) is 3. The molecule has 2 heteroatoms. The molecule has 0 atom stereocenters. The summed E-state index contributed by atoms with van der Waals surface area (Å²) in [5, 5.41) is 3.42. The van der Waals surface area contributed by atoms with Crippen LogP contribution in [0.2, 0.25) is 0 Å². The Bertz CT molecular complexity index is 126. The highest BCUT2D eigenvalue weighted by Gasteiger charge is 1.94. The van der Waals surface area contributed by atoms with E-state index in [1.165, 1.54) is 38.5 Å². The predicted octanol–water partition coefficient (Wildman–Crippen LogP) is 3.61. The molecule has 16 heavy (non-hydrogen) atoms. The molecule has 0 saturated heterocycles. The molecule has 0 aromatic heterocycles. The second kappa shape index (κ2) is 13.0. The Morgan fingerprint density at radius 3 is 2.44 bits per heavy atom. The van der Waals surface area contributed by atoms with Gasteiger partial charge in [-0.3, -0.25) is 0 Å². The lowest BCUT2D eigenvalue weighted by Gasteiger charge is -2.07. The number of rotatable bonds is 12. The van der Waals surface area contributed by atoms with E-state index < -0.39 is 0 Å². The van der Waals surface area contributed by atoms with Crippen molar-refractivity contribution in [3.8, 4) is 0 Å². The summed E-state index contributed by atoms with van der Waals surface area (Å²) in [7, 11) is 0. The molecule has 0 unspecified atom stereocenters. The minimum absolute atomic E-state index is 0.806. The van der Waals surface area contributed by atoms with Crippen molar-refractivity contribution in [2.45, 2.75) is 59.3 Å². The summed E-state index contributed by atoms with van der Waals surface area (Å²) in [5.74, 6) is 0.806. The van der Waals surface area contributed by atoms with E-state index in [9.17, 15) is 0 Å². The van der Waals surface area contributed by atoms with Crippen LogP contribution in [-0.2, 0) is 4.74 Å². The van der Waals surface area contributed by atoms with Crippen LogP contribution in [0.3, 0.4) is 0 Å². The average Bonchev–Trinajstić information content (AvgIpc) is 2.25. The van der Waals surface area contributed by atoms with Gasteiger partial charge in [0, 0.05) is 13.2 Å². The molecule has 0 fully saturated rings. The van der Waals surface area contributed by atoms with Crippen molar-refractivity contribution in [2.75, 3.05) is 26.3 Å². The molecule has 0 aromatic carbocycles. The van der Waals surface area contributed by atoms with Crippen molar-refractivity contribution in [3.63, 3.8) is 0 Å². The Kier molecular flexibility index (Phi) is 12.9. The Labute approximate surface area is 102 Å². The highest BCUT2D eigenvalue weighted by atomic mass is 16.5. The zero-order valence-corrected chi connectivity index (χ0v) is 11.6. The van der Waals surface area contributed by atoms with Crippen LogP contribution in [0.4, 0.5) is 0 Å². The Morgan fingerprint density at radius 2 is 1.75 bits per heavy atom. The van der Waals surface area contributed by atoms with Crippen molar-refractivity contribution in [3.05, 3.63) is 0 Å². The summed E-state index contributed by atoms with van der Waals surface area (Å²) in [4.78, 5) is 0. The van der Waals surface area contributed by atoms with Gasteiger partial charge in [0.05, 0.1) is 6.61 Å². The van der Waals surface area contributed by atoms with E-state index in [-0.39, 0.29) is 0 Å². The normalized spacial score (nSPS) is 11.2. The van der Waals surface area contributed by atoms with Crippen molar-refractivity contribution < 1.29 is 4.74 Å². The third-order valence-electron chi connectivity index (χ3n) is 2.70. The zero-order chi connectivity index (χ0) is 12.1. The first kappa shape index (κ1) is 15.9. The highest BCUT2D eigenvalue weighted by Crippen LogP contribution is 2.02. The van der Waals surface area contributed by atoms with Gasteiger partial charge in [-0.1, -0.05) is 40.0 Å². The summed E-state index contributed by atoms with van der Waals surface area (Å²) < 4.78 is 5.55. The molecular weight excluding hydrogens is 198 g/mol. The molecule has 0 aromatic rings. The van der Waals surface area contributed by atoms with Crippen LogP contribution in [0, 0.1) is 5.92 Å². The molecule has 1 N–H and O–H groups in total. The van der Waals surface area contributed by atoms with Crippen LogP contribution in [0.5, 0.6) is 0 Å². The first-order chi connectivity index (χ1) is 7.77. The number of nitrogens with one attached hydrogen (secondary N) is 1. The van der Waals surface area contributed by atoms with Crippen LogP contribution in [0.1, 0.15) is 59.3 Å². The standard InChI is InChI=1S/C14H31NO/c1-4-5-6-7-10-15-11-13-16-12-8-9-14(2)3/h14-15H,4-13H2,1-3H3. The molecule has 0 rings (SSSR count). The first-order valence-electron chi connectivity index (χ1n) is 7.05. The quantitative estimate of drug-likeness (QED) is 0.516. The maximum atomic E-state index is 5.55. The first-order valence-corrected chi connectivity index (χ1v) is 7.05.